The summed E-state index contributed by atoms with van der Waals surface area (Å²) in [6.45, 7) is 0.756. The number of carbonyl (C=O) groups is 2. The molecule has 1 heterocycles. The second-order valence-corrected chi connectivity index (χ2v) is 7.60. The highest BCUT2D eigenvalue weighted by Gasteiger charge is 2.31. The molecule has 1 N–H and O–H groups in total. The minimum Gasteiger partial charge on any atom is -0.339 e. The van der Waals surface area contributed by atoms with Crippen LogP contribution in [0.4, 0.5) is 18.9 Å². The van der Waals surface area contributed by atoms with Gasteiger partial charge < -0.3 is 10.2 Å². The molecule has 0 aromatic heterocycles. The molecule has 2 aromatic rings. The van der Waals surface area contributed by atoms with Gasteiger partial charge in [0.25, 0.3) is 5.91 Å². The van der Waals surface area contributed by atoms with Crippen LogP contribution in [0.2, 0.25) is 10.0 Å². The summed E-state index contributed by atoms with van der Waals surface area (Å²) in [6.07, 6.45) is -3.53. The fraction of sp³-hybridized carbons (Fsp3) is 0.300. The van der Waals surface area contributed by atoms with Gasteiger partial charge in [-0.15, -0.1) is 0 Å². The number of likely N-dealkylation sites (tertiary alicyclic amines) is 1. The average Bonchev–Trinajstić information content (AvgIpc) is 2.67. The summed E-state index contributed by atoms with van der Waals surface area (Å²) in [5.74, 6) is -0.836. The second kappa shape index (κ2) is 8.63. The number of nitrogens with zero attached hydrogens (tertiary/aromatic N) is 1. The Morgan fingerprint density at radius 3 is 2.17 bits per heavy atom. The van der Waals surface area contributed by atoms with E-state index in [1.807, 2.05) is 0 Å². The SMILES string of the molecule is O=C(Nc1ccc(C(F)(F)F)cc1)C1CCN(C(=O)c2ccc(Cl)cc2Cl)CC1. The number of amides is 2. The molecule has 0 aliphatic carbocycles. The van der Waals surface area contributed by atoms with Gasteiger partial charge in [-0.05, 0) is 55.3 Å². The van der Waals surface area contributed by atoms with Gasteiger partial charge >= 0.3 is 6.18 Å². The van der Waals surface area contributed by atoms with Gasteiger partial charge in [0, 0.05) is 29.7 Å². The molecule has 0 bridgehead atoms. The first-order chi connectivity index (χ1) is 13.6. The number of carbonyl (C=O) groups excluding carboxylic acids is 2. The molecule has 1 fully saturated rings. The maximum absolute atomic E-state index is 12.6. The number of anilines is 1. The lowest BCUT2D eigenvalue weighted by molar-refractivity contribution is -0.137. The van der Waals surface area contributed by atoms with Crippen LogP contribution in [0.1, 0.15) is 28.8 Å². The Balaban J connectivity index is 1.56. The smallest absolute Gasteiger partial charge is 0.339 e. The van der Waals surface area contributed by atoms with E-state index in [1.54, 1.807) is 17.0 Å². The molecule has 9 heteroatoms. The van der Waals surface area contributed by atoms with Crippen LogP contribution in [0.5, 0.6) is 0 Å². The van der Waals surface area contributed by atoms with E-state index in [2.05, 4.69) is 5.32 Å². The van der Waals surface area contributed by atoms with Gasteiger partial charge in [-0.25, -0.2) is 0 Å². The molecule has 29 heavy (non-hydrogen) atoms. The molecule has 0 saturated carbocycles. The molecule has 0 radical (unpaired) electrons. The molecule has 1 aliphatic heterocycles. The van der Waals surface area contributed by atoms with Gasteiger partial charge in [0.15, 0.2) is 0 Å². The zero-order valence-corrected chi connectivity index (χ0v) is 16.6. The summed E-state index contributed by atoms with van der Waals surface area (Å²) >= 11 is 11.9. The Labute approximate surface area is 175 Å². The third-order valence-corrected chi connectivity index (χ3v) is 5.34. The van der Waals surface area contributed by atoms with Crippen molar-refractivity contribution in [3.8, 4) is 0 Å². The number of hydrogen-bond donors (Lipinski definition) is 1. The highest BCUT2D eigenvalue weighted by atomic mass is 35.5. The van der Waals surface area contributed by atoms with Gasteiger partial charge in [0.2, 0.25) is 5.91 Å². The van der Waals surface area contributed by atoms with E-state index in [0.29, 0.717) is 42.2 Å². The number of nitrogens with one attached hydrogen (secondary N) is 1. The highest BCUT2D eigenvalue weighted by molar-refractivity contribution is 6.36. The highest BCUT2D eigenvalue weighted by Crippen LogP contribution is 2.30. The van der Waals surface area contributed by atoms with Gasteiger partial charge in [-0.3, -0.25) is 9.59 Å². The molecule has 0 spiro atoms. The molecular formula is C20H17Cl2F3N2O2. The van der Waals surface area contributed by atoms with Crippen LogP contribution in [0.25, 0.3) is 0 Å². The summed E-state index contributed by atoms with van der Waals surface area (Å²) in [4.78, 5) is 26.7. The number of piperidine rings is 1. The van der Waals surface area contributed by atoms with Crippen molar-refractivity contribution in [3.63, 3.8) is 0 Å². The third kappa shape index (κ3) is 5.22. The molecule has 2 amide bonds. The lowest BCUT2D eigenvalue weighted by Gasteiger charge is -2.31. The van der Waals surface area contributed by atoms with E-state index in [0.717, 1.165) is 12.1 Å². The lowest BCUT2D eigenvalue weighted by Crippen LogP contribution is -2.41. The first-order valence-electron chi connectivity index (χ1n) is 8.87. The molecule has 1 saturated heterocycles. The Kier molecular flexibility index (Phi) is 6.39. The predicted molar refractivity (Wildman–Crippen MR) is 105 cm³/mol. The number of benzene rings is 2. The standard InChI is InChI=1S/C20H17Cl2F3N2O2/c21-14-3-6-16(17(22)11-14)19(29)27-9-7-12(8-10-27)18(28)26-15-4-1-13(2-5-15)20(23,24)25/h1-6,11-12H,7-10H2,(H,26,28). The van der Waals surface area contributed by atoms with Crippen LogP contribution in [-0.4, -0.2) is 29.8 Å². The maximum atomic E-state index is 12.6. The topological polar surface area (TPSA) is 49.4 Å². The van der Waals surface area contributed by atoms with Crippen molar-refractivity contribution in [3.05, 3.63) is 63.6 Å². The first kappa shape index (κ1) is 21.5. The van der Waals surface area contributed by atoms with Crippen LogP contribution in [0.3, 0.4) is 0 Å². The normalized spacial score (nSPS) is 15.3. The van der Waals surface area contributed by atoms with Crippen molar-refractivity contribution >= 4 is 40.7 Å². The zero-order chi connectivity index (χ0) is 21.2. The monoisotopic (exact) mass is 444 g/mol. The third-order valence-electron chi connectivity index (χ3n) is 4.79. The van der Waals surface area contributed by atoms with Gasteiger partial charge in [-0.2, -0.15) is 13.2 Å². The molecule has 4 nitrogen and oxygen atoms in total. The number of rotatable bonds is 3. The maximum Gasteiger partial charge on any atom is 0.416 e. The summed E-state index contributed by atoms with van der Waals surface area (Å²) in [5.41, 5.74) is -0.124. The van der Waals surface area contributed by atoms with Crippen molar-refractivity contribution in [2.75, 3.05) is 18.4 Å². The predicted octanol–water partition coefficient (Wildman–Crippen LogP) is 5.50. The number of halogens is 5. The molecule has 3 rings (SSSR count). The van der Waals surface area contributed by atoms with Crippen LogP contribution in [-0.2, 0) is 11.0 Å². The molecular weight excluding hydrogens is 428 g/mol. The molecule has 1 aliphatic rings. The summed E-state index contributed by atoms with van der Waals surface area (Å²) in [5, 5.41) is 3.34. The Morgan fingerprint density at radius 1 is 1.00 bits per heavy atom. The Bertz CT molecular complexity index is 909. The Morgan fingerprint density at radius 2 is 1.62 bits per heavy atom. The largest absolute Gasteiger partial charge is 0.416 e. The zero-order valence-electron chi connectivity index (χ0n) is 15.1. The van der Waals surface area contributed by atoms with E-state index in [1.165, 1.54) is 18.2 Å². The van der Waals surface area contributed by atoms with E-state index < -0.39 is 11.7 Å². The van der Waals surface area contributed by atoms with Crippen molar-refractivity contribution in [1.82, 2.24) is 4.90 Å². The van der Waals surface area contributed by atoms with E-state index in [-0.39, 0.29) is 22.8 Å². The van der Waals surface area contributed by atoms with Crippen LogP contribution < -0.4 is 5.32 Å². The number of alkyl halides is 3. The second-order valence-electron chi connectivity index (χ2n) is 6.76. The van der Waals surface area contributed by atoms with E-state index in [9.17, 15) is 22.8 Å². The fourth-order valence-electron chi connectivity index (χ4n) is 3.16. The molecule has 0 atom stereocenters. The molecule has 2 aromatic carbocycles. The first-order valence-corrected chi connectivity index (χ1v) is 9.63. The van der Waals surface area contributed by atoms with Crippen LogP contribution >= 0.6 is 23.2 Å². The van der Waals surface area contributed by atoms with E-state index >= 15 is 0 Å². The van der Waals surface area contributed by atoms with Crippen molar-refractivity contribution in [2.45, 2.75) is 19.0 Å². The minimum absolute atomic E-state index is 0.228. The number of hydrogen-bond acceptors (Lipinski definition) is 2. The van der Waals surface area contributed by atoms with Crippen molar-refractivity contribution in [1.29, 1.82) is 0 Å². The van der Waals surface area contributed by atoms with Gasteiger partial charge in [0.1, 0.15) is 0 Å². The fourth-order valence-corrected chi connectivity index (χ4v) is 3.65. The van der Waals surface area contributed by atoms with E-state index in [4.69, 9.17) is 23.2 Å². The minimum atomic E-state index is -4.42. The molecule has 154 valence electrons. The van der Waals surface area contributed by atoms with Crippen LogP contribution in [0, 0.1) is 5.92 Å². The van der Waals surface area contributed by atoms with Crippen molar-refractivity contribution in [2.24, 2.45) is 5.92 Å². The summed E-state index contributed by atoms with van der Waals surface area (Å²) in [7, 11) is 0. The van der Waals surface area contributed by atoms with Crippen LogP contribution in [0.15, 0.2) is 42.5 Å². The average molecular weight is 445 g/mol. The van der Waals surface area contributed by atoms with Gasteiger partial charge in [-0.1, -0.05) is 23.2 Å². The Hall–Kier alpha value is -2.25. The summed E-state index contributed by atoms with van der Waals surface area (Å²) in [6, 6.07) is 8.95. The summed E-state index contributed by atoms with van der Waals surface area (Å²) < 4.78 is 37.8. The quantitative estimate of drug-likeness (QED) is 0.678. The van der Waals surface area contributed by atoms with Gasteiger partial charge in [0.05, 0.1) is 16.1 Å². The lowest BCUT2D eigenvalue weighted by atomic mass is 9.95. The van der Waals surface area contributed by atoms with Crippen molar-refractivity contribution < 1.29 is 22.8 Å². The molecule has 0 unspecified atom stereocenters.